The van der Waals surface area contributed by atoms with Crippen molar-refractivity contribution < 1.29 is 4.79 Å². The Labute approximate surface area is 101 Å². The number of carbonyl (C=O) groups excluding carboxylic acids is 1. The lowest BCUT2D eigenvalue weighted by Crippen LogP contribution is -2.42. The molecule has 0 aromatic carbocycles. The Hall–Kier alpha value is -1.49. The lowest BCUT2D eigenvalue weighted by molar-refractivity contribution is 0.0683. The summed E-state index contributed by atoms with van der Waals surface area (Å²) in [6.07, 6.45) is 8.54. The van der Waals surface area contributed by atoms with E-state index in [0.717, 1.165) is 25.7 Å². The first-order valence-corrected chi connectivity index (χ1v) is 5.97. The maximum absolute atomic E-state index is 12.1. The van der Waals surface area contributed by atoms with Crippen LogP contribution in [0.15, 0.2) is 18.6 Å². The molecule has 1 aromatic heterocycles. The van der Waals surface area contributed by atoms with Crippen molar-refractivity contribution in [2.24, 2.45) is 5.73 Å². The van der Waals surface area contributed by atoms with Crippen molar-refractivity contribution in [3.05, 3.63) is 24.3 Å². The third kappa shape index (κ3) is 2.79. The van der Waals surface area contributed by atoms with Crippen LogP contribution in [0.3, 0.4) is 0 Å². The fourth-order valence-corrected chi connectivity index (χ4v) is 2.24. The third-order valence-corrected chi connectivity index (χ3v) is 3.39. The zero-order chi connectivity index (χ0) is 12.3. The van der Waals surface area contributed by atoms with E-state index in [9.17, 15) is 4.79 Å². The van der Waals surface area contributed by atoms with Gasteiger partial charge >= 0.3 is 0 Å². The number of nitrogens with zero attached hydrogens (tertiary/aromatic N) is 3. The van der Waals surface area contributed by atoms with Crippen molar-refractivity contribution in [3.63, 3.8) is 0 Å². The van der Waals surface area contributed by atoms with Crippen LogP contribution in [0.1, 0.15) is 36.2 Å². The van der Waals surface area contributed by atoms with Gasteiger partial charge in [0.1, 0.15) is 5.69 Å². The minimum absolute atomic E-state index is 0.0569. The second-order valence-corrected chi connectivity index (χ2v) is 4.58. The molecule has 1 aliphatic rings. The number of hydrogen-bond donors (Lipinski definition) is 1. The summed E-state index contributed by atoms with van der Waals surface area (Å²) in [6.45, 7) is 0. The number of aromatic nitrogens is 2. The highest BCUT2D eigenvalue weighted by Gasteiger charge is 2.26. The predicted octanol–water partition coefficient (Wildman–Crippen LogP) is 0.818. The number of hydrogen-bond acceptors (Lipinski definition) is 4. The van der Waals surface area contributed by atoms with Crippen LogP contribution >= 0.6 is 0 Å². The zero-order valence-electron chi connectivity index (χ0n) is 10.0. The van der Waals surface area contributed by atoms with Crippen molar-refractivity contribution in [1.29, 1.82) is 0 Å². The number of carbonyl (C=O) groups is 1. The highest BCUT2D eigenvalue weighted by molar-refractivity contribution is 5.91. The minimum Gasteiger partial charge on any atom is -0.337 e. The lowest BCUT2D eigenvalue weighted by atomic mass is 9.91. The van der Waals surface area contributed by atoms with E-state index in [1.54, 1.807) is 11.1 Å². The van der Waals surface area contributed by atoms with Gasteiger partial charge < -0.3 is 10.6 Å². The van der Waals surface area contributed by atoms with Crippen LogP contribution in [0.4, 0.5) is 0 Å². The van der Waals surface area contributed by atoms with Crippen LogP contribution in [0, 0.1) is 0 Å². The van der Waals surface area contributed by atoms with Gasteiger partial charge in [-0.25, -0.2) is 4.98 Å². The van der Waals surface area contributed by atoms with Gasteiger partial charge in [0.25, 0.3) is 5.91 Å². The van der Waals surface area contributed by atoms with E-state index < -0.39 is 0 Å². The van der Waals surface area contributed by atoms with Crippen LogP contribution in [0.2, 0.25) is 0 Å². The van der Waals surface area contributed by atoms with E-state index in [1.165, 1.54) is 12.4 Å². The Morgan fingerprint density at radius 2 is 2.06 bits per heavy atom. The summed E-state index contributed by atoms with van der Waals surface area (Å²) in [5.74, 6) is -0.0569. The van der Waals surface area contributed by atoms with Gasteiger partial charge in [-0.3, -0.25) is 9.78 Å². The maximum Gasteiger partial charge on any atom is 0.274 e. The SMILES string of the molecule is CN(C(=O)c1cnccn1)[C@H]1CC[C@H](N)CC1. The van der Waals surface area contributed by atoms with Gasteiger partial charge in [-0.1, -0.05) is 0 Å². The van der Waals surface area contributed by atoms with Gasteiger partial charge in [-0.2, -0.15) is 0 Å². The van der Waals surface area contributed by atoms with Crippen LogP contribution < -0.4 is 5.73 Å². The highest BCUT2D eigenvalue weighted by atomic mass is 16.2. The van der Waals surface area contributed by atoms with Gasteiger partial charge in [0, 0.05) is 31.5 Å². The molecule has 0 atom stereocenters. The van der Waals surface area contributed by atoms with E-state index in [0.29, 0.717) is 11.7 Å². The lowest BCUT2D eigenvalue weighted by Gasteiger charge is -2.33. The first-order valence-electron chi connectivity index (χ1n) is 5.97. The second kappa shape index (κ2) is 5.23. The largest absolute Gasteiger partial charge is 0.337 e. The monoisotopic (exact) mass is 234 g/mol. The van der Waals surface area contributed by atoms with Crippen LogP contribution in [-0.2, 0) is 0 Å². The molecule has 1 saturated carbocycles. The molecule has 1 fully saturated rings. The molecule has 1 heterocycles. The summed E-state index contributed by atoms with van der Waals surface area (Å²) in [7, 11) is 1.83. The summed E-state index contributed by atoms with van der Waals surface area (Å²) >= 11 is 0. The van der Waals surface area contributed by atoms with Crippen molar-refractivity contribution in [2.75, 3.05) is 7.05 Å². The molecule has 5 nitrogen and oxygen atoms in total. The molecule has 0 saturated heterocycles. The third-order valence-electron chi connectivity index (χ3n) is 3.39. The summed E-state index contributed by atoms with van der Waals surface area (Å²) in [5.41, 5.74) is 6.27. The molecule has 0 unspecified atom stereocenters. The van der Waals surface area contributed by atoms with Crippen molar-refractivity contribution in [1.82, 2.24) is 14.9 Å². The maximum atomic E-state index is 12.1. The Bertz CT molecular complexity index is 373. The van der Waals surface area contributed by atoms with Crippen molar-refractivity contribution >= 4 is 5.91 Å². The molecule has 1 aliphatic carbocycles. The molecule has 0 aliphatic heterocycles. The van der Waals surface area contributed by atoms with E-state index in [4.69, 9.17) is 5.73 Å². The Balaban J connectivity index is 2.00. The fourth-order valence-electron chi connectivity index (χ4n) is 2.24. The molecule has 0 spiro atoms. The first-order chi connectivity index (χ1) is 8.18. The standard InChI is InChI=1S/C12H18N4O/c1-16(10-4-2-9(13)3-5-10)12(17)11-8-14-6-7-15-11/h6-10H,2-5,13H2,1H3/t9-,10-. The molecule has 92 valence electrons. The van der Waals surface area contributed by atoms with E-state index in [2.05, 4.69) is 9.97 Å². The van der Waals surface area contributed by atoms with E-state index >= 15 is 0 Å². The first kappa shape index (κ1) is 12.0. The van der Waals surface area contributed by atoms with E-state index in [-0.39, 0.29) is 11.9 Å². The van der Waals surface area contributed by atoms with Gasteiger partial charge in [-0.15, -0.1) is 0 Å². The van der Waals surface area contributed by atoms with Crippen molar-refractivity contribution in [2.45, 2.75) is 37.8 Å². The molecule has 2 N–H and O–H groups in total. The van der Waals surface area contributed by atoms with Crippen LogP contribution in [0.5, 0.6) is 0 Å². The molecule has 1 aromatic rings. The zero-order valence-corrected chi connectivity index (χ0v) is 10.0. The Kier molecular flexibility index (Phi) is 3.68. The quantitative estimate of drug-likeness (QED) is 0.822. The highest BCUT2D eigenvalue weighted by Crippen LogP contribution is 2.21. The molecular formula is C12H18N4O. The van der Waals surface area contributed by atoms with Gasteiger partial charge in [0.05, 0.1) is 6.20 Å². The van der Waals surface area contributed by atoms with Crippen molar-refractivity contribution in [3.8, 4) is 0 Å². The van der Waals surface area contributed by atoms with Crippen LogP contribution in [0.25, 0.3) is 0 Å². The average molecular weight is 234 g/mol. The van der Waals surface area contributed by atoms with Gasteiger partial charge in [0.15, 0.2) is 0 Å². The Morgan fingerprint density at radius 3 is 2.65 bits per heavy atom. The summed E-state index contributed by atoms with van der Waals surface area (Å²) < 4.78 is 0. The summed E-state index contributed by atoms with van der Waals surface area (Å²) in [6, 6.07) is 0.579. The molecular weight excluding hydrogens is 216 g/mol. The number of amides is 1. The molecule has 1 amide bonds. The van der Waals surface area contributed by atoms with Gasteiger partial charge in [0.2, 0.25) is 0 Å². The molecule has 0 bridgehead atoms. The molecule has 2 rings (SSSR count). The average Bonchev–Trinajstić information content (AvgIpc) is 2.39. The summed E-state index contributed by atoms with van der Waals surface area (Å²) in [5, 5.41) is 0. The molecule has 0 radical (unpaired) electrons. The normalized spacial score (nSPS) is 24.4. The van der Waals surface area contributed by atoms with E-state index in [1.807, 2.05) is 7.05 Å². The molecule has 17 heavy (non-hydrogen) atoms. The number of nitrogens with two attached hydrogens (primary N) is 1. The molecule has 5 heteroatoms. The number of rotatable bonds is 2. The Morgan fingerprint density at radius 1 is 1.35 bits per heavy atom. The smallest absolute Gasteiger partial charge is 0.274 e. The fraction of sp³-hybridized carbons (Fsp3) is 0.583. The van der Waals surface area contributed by atoms with Gasteiger partial charge in [-0.05, 0) is 25.7 Å². The topological polar surface area (TPSA) is 72.1 Å². The summed E-state index contributed by atoms with van der Waals surface area (Å²) in [4.78, 5) is 21.8. The van der Waals surface area contributed by atoms with Crippen LogP contribution in [-0.4, -0.2) is 39.9 Å². The second-order valence-electron chi connectivity index (χ2n) is 4.58. The minimum atomic E-state index is -0.0569. The predicted molar refractivity (Wildman–Crippen MR) is 64.4 cm³/mol.